The number of fused-ring (bicyclic) bond motifs is 1. The Hall–Kier alpha value is -3.43. The van der Waals surface area contributed by atoms with Gasteiger partial charge in [0.25, 0.3) is 5.91 Å². The van der Waals surface area contributed by atoms with Gasteiger partial charge in [0.1, 0.15) is 6.07 Å². The zero-order chi connectivity index (χ0) is 23.9. The van der Waals surface area contributed by atoms with Gasteiger partial charge < -0.3 is 16.0 Å². The molecule has 1 saturated heterocycles. The first-order valence-corrected chi connectivity index (χ1v) is 12.0. The summed E-state index contributed by atoms with van der Waals surface area (Å²) in [5.41, 5.74) is 3.19. The molecule has 7 nitrogen and oxygen atoms in total. The molecule has 3 aromatic rings. The first kappa shape index (κ1) is 23.7. The number of pyridine rings is 1. The molecule has 1 unspecified atom stereocenters. The van der Waals surface area contributed by atoms with Gasteiger partial charge in [-0.3, -0.25) is 14.7 Å². The van der Waals surface area contributed by atoms with Gasteiger partial charge in [-0.2, -0.15) is 5.26 Å². The number of anilines is 3. The number of halogens is 1. The lowest BCUT2D eigenvalue weighted by Crippen LogP contribution is -2.50. The van der Waals surface area contributed by atoms with Crippen LogP contribution in [0.25, 0.3) is 10.9 Å². The predicted octanol–water partition coefficient (Wildman–Crippen LogP) is 4.24. The van der Waals surface area contributed by atoms with Crippen molar-refractivity contribution in [3.05, 3.63) is 58.7 Å². The average molecular weight is 517 g/mol. The normalized spacial score (nSPS) is 15.7. The lowest BCUT2D eigenvalue weighted by Gasteiger charge is -2.34. The molecule has 2 aromatic carbocycles. The van der Waals surface area contributed by atoms with Gasteiger partial charge in [-0.1, -0.05) is 34.8 Å². The number of rotatable bonds is 5. The van der Waals surface area contributed by atoms with Crippen LogP contribution in [-0.4, -0.2) is 48.0 Å². The Morgan fingerprint density at radius 3 is 2.97 bits per heavy atom. The van der Waals surface area contributed by atoms with E-state index in [0.29, 0.717) is 35.0 Å². The Kier molecular flexibility index (Phi) is 7.76. The molecule has 3 N–H and O–H groups in total. The summed E-state index contributed by atoms with van der Waals surface area (Å²) >= 11 is 3.47. The van der Waals surface area contributed by atoms with Gasteiger partial charge in [-0.05, 0) is 48.7 Å². The number of nitrogens with zero attached hydrogens (tertiary/aromatic N) is 3. The molecule has 0 saturated carbocycles. The highest BCUT2D eigenvalue weighted by molar-refractivity contribution is 9.10. The highest BCUT2D eigenvalue weighted by Gasteiger charge is 2.19. The van der Waals surface area contributed by atoms with Crippen LogP contribution in [0, 0.1) is 23.2 Å². The molecule has 2 heterocycles. The number of aromatic nitrogens is 1. The van der Waals surface area contributed by atoms with Gasteiger partial charge in [0.15, 0.2) is 0 Å². The molecule has 1 aromatic heterocycles. The van der Waals surface area contributed by atoms with Gasteiger partial charge in [-0.15, -0.1) is 0 Å². The lowest BCUT2D eigenvalue weighted by molar-refractivity contribution is -0.111. The lowest BCUT2D eigenvalue weighted by atomic mass is 10.1. The third-order valence-corrected chi connectivity index (χ3v) is 6.26. The third-order valence-electron chi connectivity index (χ3n) is 5.77. The highest BCUT2D eigenvalue weighted by atomic mass is 79.9. The van der Waals surface area contributed by atoms with Crippen LogP contribution >= 0.6 is 15.9 Å². The van der Waals surface area contributed by atoms with Crippen molar-refractivity contribution in [2.75, 3.05) is 36.8 Å². The van der Waals surface area contributed by atoms with E-state index in [0.717, 1.165) is 41.6 Å². The number of amides is 1. The summed E-state index contributed by atoms with van der Waals surface area (Å²) in [6, 6.07) is 15.7. The van der Waals surface area contributed by atoms with Gasteiger partial charge in [-0.25, -0.2) is 0 Å². The second kappa shape index (κ2) is 11.1. The van der Waals surface area contributed by atoms with E-state index in [2.05, 4.69) is 66.6 Å². The number of benzene rings is 2. The fourth-order valence-corrected chi connectivity index (χ4v) is 4.40. The summed E-state index contributed by atoms with van der Waals surface area (Å²) in [4.78, 5) is 19.2. The summed E-state index contributed by atoms with van der Waals surface area (Å²) in [5.74, 6) is 5.34. The minimum absolute atomic E-state index is 0.367. The molecule has 4 rings (SSSR count). The van der Waals surface area contributed by atoms with Crippen LogP contribution in [0.1, 0.15) is 18.9 Å². The van der Waals surface area contributed by atoms with Crippen molar-refractivity contribution >= 4 is 49.8 Å². The van der Waals surface area contributed by atoms with Crippen LogP contribution in [0.4, 0.5) is 17.1 Å². The van der Waals surface area contributed by atoms with E-state index < -0.39 is 0 Å². The van der Waals surface area contributed by atoms with E-state index in [9.17, 15) is 10.1 Å². The van der Waals surface area contributed by atoms with Crippen molar-refractivity contribution in [1.29, 1.82) is 5.26 Å². The Bertz CT molecular complexity index is 1310. The van der Waals surface area contributed by atoms with E-state index in [1.54, 1.807) is 12.3 Å². The average Bonchev–Trinajstić information content (AvgIpc) is 2.84. The molecule has 0 spiro atoms. The second-order valence-electron chi connectivity index (χ2n) is 8.02. The summed E-state index contributed by atoms with van der Waals surface area (Å²) in [6.07, 6.45) is 2.60. The SMILES string of the molecule is CCC1CNCCN1CC#CC(=O)Nc1ccc2ncc(C#N)c(Nc3cccc(Br)c3)c2c1. The third kappa shape index (κ3) is 5.73. The standard InChI is InChI=1S/C26H25BrN6O/c1-2-22-17-29-10-12-33(22)11-4-7-25(34)31-21-8-9-24-23(14-21)26(18(15-28)16-30-24)32-20-6-3-5-19(27)13-20/h3,5-6,8-9,13-14,16,22,29H,2,10-12,17H2,1H3,(H,30,32)(H,31,34). The number of nitrogens with one attached hydrogen (secondary N) is 3. The molecule has 34 heavy (non-hydrogen) atoms. The van der Waals surface area contributed by atoms with Gasteiger partial charge in [0, 0.05) is 53.1 Å². The number of hydrogen-bond acceptors (Lipinski definition) is 6. The zero-order valence-corrected chi connectivity index (χ0v) is 20.4. The molecule has 0 radical (unpaired) electrons. The summed E-state index contributed by atoms with van der Waals surface area (Å²) in [7, 11) is 0. The zero-order valence-electron chi connectivity index (χ0n) is 18.9. The van der Waals surface area contributed by atoms with Crippen LogP contribution in [0.2, 0.25) is 0 Å². The van der Waals surface area contributed by atoms with Crippen molar-refractivity contribution in [1.82, 2.24) is 15.2 Å². The second-order valence-corrected chi connectivity index (χ2v) is 8.93. The van der Waals surface area contributed by atoms with E-state index in [-0.39, 0.29) is 5.91 Å². The van der Waals surface area contributed by atoms with Crippen molar-refractivity contribution < 1.29 is 4.79 Å². The smallest absolute Gasteiger partial charge is 0.300 e. The maximum atomic E-state index is 12.5. The molecule has 172 valence electrons. The number of carbonyl (C=O) groups is 1. The van der Waals surface area contributed by atoms with Crippen molar-refractivity contribution in [2.24, 2.45) is 0 Å². The highest BCUT2D eigenvalue weighted by Crippen LogP contribution is 2.31. The Morgan fingerprint density at radius 2 is 2.18 bits per heavy atom. The molecule has 1 fully saturated rings. The maximum Gasteiger partial charge on any atom is 0.300 e. The monoisotopic (exact) mass is 516 g/mol. The number of carbonyl (C=O) groups excluding carboxylic acids is 1. The summed E-state index contributed by atoms with van der Waals surface area (Å²) in [5, 5.41) is 19.9. The first-order chi connectivity index (χ1) is 16.6. The van der Waals surface area contributed by atoms with Gasteiger partial charge in [0.2, 0.25) is 0 Å². The van der Waals surface area contributed by atoms with Crippen molar-refractivity contribution in [3.8, 4) is 17.9 Å². The van der Waals surface area contributed by atoms with Crippen molar-refractivity contribution in [3.63, 3.8) is 0 Å². The topological polar surface area (TPSA) is 93.1 Å². The predicted molar refractivity (Wildman–Crippen MR) is 139 cm³/mol. The molecule has 1 amide bonds. The minimum Gasteiger partial charge on any atom is -0.354 e. The molecule has 1 aliphatic heterocycles. The quantitative estimate of drug-likeness (QED) is 0.439. The molecular weight excluding hydrogens is 492 g/mol. The van der Waals surface area contributed by atoms with Crippen LogP contribution < -0.4 is 16.0 Å². The van der Waals surface area contributed by atoms with E-state index >= 15 is 0 Å². The molecule has 1 atom stereocenters. The van der Waals surface area contributed by atoms with E-state index in [4.69, 9.17) is 0 Å². The van der Waals surface area contributed by atoms with E-state index in [1.165, 1.54) is 0 Å². The molecule has 0 aliphatic carbocycles. The van der Waals surface area contributed by atoms with Crippen LogP contribution in [0.5, 0.6) is 0 Å². The Morgan fingerprint density at radius 1 is 1.29 bits per heavy atom. The molecule has 1 aliphatic rings. The number of hydrogen-bond donors (Lipinski definition) is 3. The molecular formula is C26H25BrN6O. The van der Waals surface area contributed by atoms with Gasteiger partial charge in [0.05, 0.1) is 23.3 Å². The molecule has 8 heteroatoms. The number of piperazine rings is 1. The largest absolute Gasteiger partial charge is 0.354 e. The Labute approximate surface area is 207 Å². The minimum atomic E-state index is -0.367. The van der Waals surface area contributed by atoms with Crippen LogP contribution in [0.15, 0.2) is 53.1 Å². The summed E-state index contributed by atoms with van der Waals surface area (Å²) in [6.45, 7) is 5.56. The summed E-state index contributed by atoms with van der Waals surface area (Å²) < 4.78 is 0.923. The maximum absolute atomic E-state index is 12.5. The fraction of sp³-hybridized carbons (Fsp3) is 0.269. The van der Waals surface area contributed by atoms with E-state index in [1.807, 2.05) is 36.4 Å². The van der Waals surface area contributed by atoms with Crippen LogP contribution in [-0.2, 0) is 4.79 Å². The van der Waals surface area contributed by atoms with Crippen LogP contribution in [0.3, 0.4) is 0 Å². The van der Waals surface area contributed by atoms with Crippen molar-refractivity contribution in [2.45, 2.75) is 19.4 Å². The Balaban J connectivity index is 1.53. The number of nitriles is 1. The molecule has 0 bridgehead atoms. The fourth-order valence-electron chi connectivity index (χ4n) is 4.00. The van der Waals surface area contributed by atoms with Gasteiger partial charge >= 0.3 is 0 Å². The first-order valence-electron chi connectivity index (χ1n) is 11.2.